The van der Waals surface area contributed by atoms with E-state index in [1.165, 1.54) is 0 Å². The summed E-state index contributed by atoms with van der Waals surface area (Å²) in [7, 11) is 0. The van der Waals surface area contributed by atoms with Crippen LogP contribution in [0.5, 0.6) is 0 Å². The van der Waals surface area contributed by atoms with Gasteiger partial charge in [0.25, 0.3) is 0 Å². The summed E-state index contributed by atoms with van der Waals surface area (Å²) >= 11 is 0. The summed E-state index contributed by atoms with van der Waals surface area (Å²) in [5, 5.41) is 12.0. The third-order valence-corrected chi connectivity index (χ3v) is 2.56. The molecule has 0 aliphatic carbocycles. The third-order valence-electron chi connectivity index (χ3n) is 2.56. The van der Waals surface area contributed by atoms with E-state index >= 15 is 0 Å². The van der Waals surface area contributed by atoms with E-state index in [1.54, 1.807) is 0 Å². The van der Waals surface area contributed by atoms with Gasteiger partial charge in [0.1, 0.15) is 0 Å². The molecule has 0 heterocycles. The minimum absolute atomic E-state index is 0.0743. The molecule has 1 N–H and O–H groups in total. The monoisotopic (exact) mass is 230 g/mol. The smallest absolute Gasteiger partial charge is 0.221 e. The van der Waals surface area contributed by atoms with E-state index in [-0.39, 0.29) is 24.3 Å². The quantitative estimate of drug-likeness (QED) is 0.864. The van der Waals surface area contributed by atoms with Gasteiger partial charge >= 0.3 is 0 Å². The highest BCUT2D eigenvalue weighted by molar-refractivity contribution is 5.77. The Bertz CT molecular complexity index is 432. The molecule has 0 spiro atoms. The number of benzene rings is 1. The fourth-order valence-corrected chi connectivity index (χ4v) is 1.77. The van der Waals surface area contributed by atoms with E-state index in [1.807, 2.05) is 45.0 Å². The van der Waals surface area contributed by atoms with Gasteiger partial charge < -0.3 is 5.32 Å². The van der Waals surface area contributed by atoms with Crippen molar-refractivity contribution in [2.24, 2.45) is 0 Å². The lowest BCUT2D eigenvalue weighted by atomic mass is 9.93. The van der Waals surface area contributed by atoms with E-state index in [9.17, 15) is 4.79 Å². The van der Waals surface area contributed by atoms with Crippen LogP contribution in [0.15, 0.2) is 24.3 Å². The number of rotatable bonds is 4. The number of aryl methyl sites for hydroxylation is 1. The van der Waals surface area contributed by atoms with Gasteiger partial charge in [-0.1, -0.05) is 24.3 Å². The summed E-state index contributed by atoms with van der Waals surface area (Å²) in [6.07, 6.45) is 0.222. The maximum atomic E-state index is 11.6. The Balaban J connectivity index is 2.77. The van der Waals surface area contributed by atoms with Gasteiger partial charge in [0.05, 0.1) is 12.0 Å². The summed E-state index contributed by atoms with van der Waals surface area (Å²) < 4.78 is 0. The SMILES string of the molecule is Cc1ccccc1C(C#N)CC(=O)NC(C)C. The summed E-state index contributed by atoms with van der Waals surface area (Å²) in [6, 6.07) is 10.0. The molecule has 1 aromatic rings. The molecule has 1 atom stereocenters. The first-order valence-corrected chi connectivity index (χ1v) is 5.79. The standard InChI is InChI=1S/C14H18N2O/c1-10(2)16-14(17)8-12(9-15)13-7-5-4-6-11(13)3/h4-7,10,12H,8H2,1-3H3,(H,16,17). The van der Waals surface area contributed by atoms with Crippen LogP contribution in [0, 0.1) is 18.3 Å². The summed E-state index contributed by atoms with van der Waals surface area (Å²) in [5.74, 6) is -0.440. The number of hydrogen-bond acceptors (Lipinski definition) is 2. The topological polar surface area (TPSA) is 52.9 Å². The van der Waals surface area contributed by atoms with Gasteiger partial charge in [-0.05, 0) is 31.9 Å². The highest BCUT2D eigenvalue weighted by atomic mass is 16.1. The van der Waals surface area contributed by atoms with Crippen LogP contribution in [0.2, 0.25) is 0 Å². The molecule has 17 heavy (non-hydrogen) atoms. The maximum Gasteiger partial charge on any atom is 0.221 e. The molecule has 1 unspecified atom stereocenters. The van der Waals surface area contributed by atoms with Crippen LogP contribution in [-0.4, -0.2) is 11.9 Å². The van der Waals surface area contributed by atoms with Crippen LogP contribution >= 0.6 is 0 Å². The summed E-state index contributed by atoms with van der Waals surface area (Å²) in [4.78, 5) is 11.6. The van der Waals surface area contributed by atoms with E-state index in [0.29, 0.717) is 0 Å². The largest absolute Gasteiger partial charge is 0.354 e. The molecule has 0 aromatic heterocycles. The van der Waals surface area contributed by atoms with E-state index in [4.69, 9.17) is 5.26 Å². The number of nitriles is 1. The van der Waals surface area contributed by atoms with Crippen molar-refractivity contribution in [1.82, 2.24) is 5.32 Å². The van der Waals surface area contributed by atoms with Crippen molar-refractivity contribution in [2.45, 2.75) is 39.2 Å². The molecule has 3 nitrogen and oxygen atoms in total. The molecule has 0 aliphatic heterocycles. The second-order valence-electron chi connectivity index (χ2n) is 4.46. The zero-order valence-electron chi connectivity index (χ0n) is 10.5. The van der Waals surface area contributed by atoms with Crippen molar-refractivity contribution in [3.8, 4) is 6.07 Å². The van der Waals surface area contributed by atoms with Gasteiger partial charge in [-0.25, -0.2) is 0 Å². The Labute approximate surface area is 102 Å². The van der Waals surface area contributed by atoms with Crippen molar-refractivity contribution in [1.29, 1.82) is 5.26 Å². The molecule has 0 radical (unpaired) electrons. The second kappa shape index (κ2) is 6.05. The van der Waals surface area contributed by atoms with E-state index < -0.39 is 0 Å². The fourth-order valence-electron chi connectivity index (χ4n) is 1.77. The lowest BCUT2D eigenvalue weighted by Gasteiger charge is -2.13. The van der Waals surface area contributed by atoms with Gasteiger partial charge in [-0.2, -0.15) is 5.26 Å². The molecule has 0 fully saturated rings. The van der Waals surface area contributed by atoms with Crippen LogP contribution < -0.4 is 5.32 Å². The molecule has 1 rings (SSSR count). The Morgan fingerprint density at radius 2 is 2.06 bits per heavy atom. The van der Waals surface area contributed by atoms with Crippen LogP contribution in [-0.2, 0) is 4.79 Å². The minimum Gasteiger partial charge on any atom is -0.354 e. The lowest BCUT2D eigenvalue weighted by Crippen LogP contribution is -2.31. The van der Waals surface area contributed by atoms with Crippen LogP contribution in [0.1, 0.15) is 37.3 Å². The van der Waals surface area contributed by atoms with Crippen molar-refractivity contribution in [3.05, 3.63) is 35.4 Å². The fraction of sp³-hybridized carbons (Fsp3) is 0.429. The average Bonchev–Trinajstić information content (AvgIpc) is 2.26. The third kappa shape index (κ3) is 3.92. The maximum absolute atomic E-state index is 11.6. The predicted molar refractivity (Wildman–Crippen MR) is 67.4 cm³/mol. The van der Waals surface area contributed by atoms with Crippen molar-refractivity contribution < 1.29 is 4.79 Å². The highest BCUT2D eigenvalue weighted by Crippen LogP contribution is 2.22. The Kier molecular flexibility index (Phi) is 4.71. The normalized spacial score (nSPS) is 11.9. The summed E-state index contributed by atoms with van der Waals surface area (Å²) in [5.41, 5.74) is 1.99. The molecule has 0 saturated heterocycles. The molecule has 0 saturated carbocycles. The van der Waals surface area contributed by atoms with Crippen molar-refractivity contribution in [3.63, 3.8) is 0 Å². The van der Waals surface area contributed by atoms with E-state index in [2.05, 4.69) is 11.4 Å². The van der Waals surface area contributed by atoms with Crippen LogP contribution in [0.25, 0.3) is 0 Å². The molecule has 0 aliphatic rings. The number of hydrogen-bond donors (Lipinski definition) is 1. The second-order valence-corrected chi connectivity index (χ2v) is 4.46. The van der Waals surface area contributed by atoms with Gasteiger partial charge in [-0.3, -0.25) is 4.79 Å². The number of carbonyl (C=O) groups is 1. The van der Waals surface area contributed by atoms with Gasteiger partial charge in [0, 0.05) is 12.5 Å². The molecule has 1 amide bonds. The van der Waals surface area contributed by atoms with Crippen molar-refractivity contribution in [2.75, 3.05) is 0 Å². The van der Waals surface area contributed by atoms with Crippen molar-refractivity contribution >= 4 is 5.91 Å². The van der Waals surface area contributed by atoms with E-state index in [0.717, 1.165) is 11.1 Å². The van der Waals surface area contributed by atoms with Crippen LogP contribution in [0.3, 0.4) is 0 Å². The van der Waals surface area contributed by atoms with Gasteiger partial charge in [0.15, 0.2) is 0 Å². The van der Waals surface area contributed by atoms with Crippen LogP contribution in [0.4, 0.5) is 0 Å². The summed E-state index contributed by atoms with van der Waals surface area (Å²) in [6.45, 7) is 5.78. The zero-order chi connectivity index (χ0) is 12.8. The Morgan fingerprint density at radius 3 is 2.59 bits per heavy atom. The zero-order valence-corrected chi connectivity index (χ0v) is 10.5. The average molecular weight is 230 g/mol. The molecule has 3 heteroatoms. The number of amides is 1. The molecule has 0 bridgehead atoms. The highest BCUT2D eigenvalue weighted by Gasteiger charge is 2.17. The first-order valence-electron chi connectivity index (χ1n) is 5.79. The molecule has 1 aromatic carbocycles. The molecular weight excluding hydrogens is 212 g/mol. The predicted octanol–water partition coefficient (Wildman–Crippen LogP) is 2.52. The lowest BCUT2D eigenvalue weighted by molar-refractivity contribution is -0.121. The Hall–Kier alpha value is -1.82. The number of nitrogens with zero attached hydrogens (tertiary/aromatic N) is 1. The Morgan fingerprint density at radius 1 is 1.41 bits per heavy atom. The van der Waals surface area contributed by atoms with Gasteiger partial charge in [-0.15, -0.1) is 0 Å². The molecular formula is C14H18N2O. The number of nitrogens with one attached hydrogen (secondary N) is 1. The first kappa shape index (κ1) is 13.2. The first-order chi connectivity index (χ1) is 8.04. The minimum atomic E-state index is -0.366. The molecule has 90 valence electrons. The number of carbonyl (C=O) groups excluding carboxylic acids is 1. The van der Waals surface area contributed by atoms with Gasteiger partial charge in [0.2, 0.25) is 5.91 Å².